The van der Waals surface area contributed by atoms with Gasteiger partial charge in [0.1, 0.15) is 5.75 Å². The van der Waals surface area contributed by atoms with E-state index >= 15 is 0 Å². The molecule has 1 aliphatic heterocycles. The van der Waals surface area contributed by atoms with Crippen LogP contribution in [0.4, 0.5) is 5.69 Å². The van der Waals surface area contributed by atoms with E-state index in [1.807, 2.05) is 6.92 Å². The van der Waals surface area contributed by atoms with Crippen LogP contribution in [0.5, 0.6) is 5.75 Å². The van der Waals surface area contributed by atoms with Gasteiger partial charge in [-0.1, -0.05) is 17.7 Å². The van der Waals surface area contributed by atoms with Crippen LogP contribution in [0.25, 0.3) is 0 Å². The summed E-state index contributed by atoms with van der Waals surface area (Å²) in [7, 11) is -7.80. The smallest absolute Gasteiger partial charge is 0.262 e. The summed E-state index contributed by atoms with van der Waals surface area (Å²) >= 11 is 0. The molecule has 0 radical (unpaired) electrons. The lowest BCUT2D eigenvalue weighted by Gasteiger charge is -2.26. The number of hydrogen-bond donors (Lipinski definition) is 2. The molecule has 10 heteroatoms. The lowest BCUT2D eigenvalue weighted by molar-refractivity contribution is 0.0730. The van der Waals surface area contributed by atoms with Crippen LogP contribution in [-0.2, 0) is 24.8 Å². The third-order valence-electron chi connectivity index (χ3n) is 4.15. The van der Waals surface area contributed by atoms with E-state index in [4.69, 9.17) is 4.74 Å². The summed E-state index contributed by atoms with van der Waals surface area (Å²) in [5.74, 6) is -0.369. The molecule has 27 heavy (non-hydrogen) atoms. The van der Waals surface area contributed by atoms with Gasteiger partial charge >= 0.3 is 0 Å². The van der Waals surface area contributed by atoms with Gasteiger partial charge in [0, 0.05) is 13.1 Å². The fourth-order valence-electron chi connectivity index (χ4n) is 2.61. The maximum absolute atomic E-state index is 12.7. The Bertz CT molecular complexity index is 1030. The number of aromatic hydroxyl groups is 1. The number of hydrogen-bond acceptors (Lipinski definition) is 6. The van der Waals surface area contributed by atoms with Crippen molar-refractivity contribution in [1.29, 1.82) is 0 Å². The summed E-state index contributed by atoms with van der Waals surface area (Å²) in [6.45, 7) is 2.85. The highest BCUT2D eigenvalue weighted by molar-refractivity contribution is 7.92. The van der Waals surface area contributed by atoms with E-state index in [1.54, 1.807) is 12.1 Å². The predicted octanol–water partition coefficient (Wildman–Crippen LogP) is 1.52. The van der Waals surface area contributed by atoms with Crippen molar-refractivity contribution in [3.8, 4) is 5.75 Å². The first kappa shape index (κ1) is 19.6. The quantitative estimate of drug-likeness (QED) is 0.720. The Balaban J connectivity index is 1.92. The van der Waals surface area contributed by atoms with Crippen molar-refractivity contribution in [2.24, 2.45) is 0 Å². The van der Waals surface area contributed by atoms with Gasteiger partial charge in [0.15, 0.2) is 0 Å². The Morgan fingerprint density at radius 3 is 2.19 bits per heavy atom. The first-order valence-corrected chi connectivity index (χ1v) is 11.1. The molecule has 1 aliphatic rings. The standard InChI is InChI=1S/C17H20N2O6S2/c1-13-2-4-14(5-3-13)26(21,22)18-16-12-15(6-7-17(16)20)27(23,24)19-8-10-25-11-9-19/h2-7,12,18,20H,8-11H2,1H3. The molecular weight excluding hydrogens is 392 g/mol. The molecule has 8 nitrogen and oxygen atoms in total. The van der Waals surface area contributed by atoms with Crippen LogP contribution < -0.4 is 4.72 Å². The topological polar surface area (TPSA) is 113 Å². The summed E-state index contributed by atoms with van der Waals surface area (Å²) in [5, 5.41) is 10.0. The average molecular weight is 412 g/mol. The Labute approximate surface area is 158 Å². The number of nitrogens with one attached hydrogen (secondary N) is 1. The van der Waals surface area contributed by atoms with Crippen molar-refractivity contribution in [2.45, 2.75) is 16.7 Å². The van der Waals surface area contributed by atoms with Gasteiger partial charge in [-0.3, -0.25) is 4.72 Å². The van der Waals surface area contributed by atoms with E-state index in [1.165, 1.54) is 22.5 Å². The van der Waals surface area contributed by atoms with E-state index in [0.29, 0.717) is 13.2 Å². The van der Waals surface area contributed by atoms with Crippen LogP contribution in [0.1, 0.15) is 5.56 Å². The van der Waals surface area contributed by atoms with Crippen LogP contribution in [0.2, 0.25) is 0 Å². The SMILES string of the molecule is Cc1ccc(S(=O)(=O)Nc2cc(S(=O)(=O)N3CCOCC3)ccc2O)cc1. The first-order chi connectivity index (χ1) is 12.7. The van der Waals surface area contributed by atoms with Gasteiger partial charge in [-0.15, -0.1) is 0 Å². The monoisotopic (exact) mass is 412 g/mol. The molecule has 3 rings (SSSR count). The number of phenols is 1. The number of phenolic OH excluding ortho intramolecular Hbond substituents is 1. The Kier molecular flexibility index (Phi) is 5.43. The van der Waals surface area contributed by atoms with E-state index in [0.717, 1.165) is 17.7 Å². The zero-order valence-corrected chi connectivity index (χ0v) is 16.3. The number of morpholine rings is 1. The second kappa shape index (κ2) is 7.47. The summed E-state index contributed by atoms with van der Waals surface area (Å²) in [5.41, 5.74) is 0.695. The number of sulfonamides is 2. The molecule has 2 aromatic rings. The maximum Gasteiger partial charge on any atom is 0.262 e. The second-order valence-electron chi connectivity index (χ2n) is 6.11. The van der Waals surface area contributed by atoms with Crippen LogP contribution in [0.3, 0.4) is 0 Å². The van der Waals surface area contributed by atoms with Crippen LogP contribution in [-0.4, -0.2) is 52.6 Å². The van der Waals surface area contributed by atoms with Gasteiger partial charge in [0.05, 0.1) is 28.7 Å². The van der Waals surface area contributed by atoms with E-state index < -0.39 is 20.0 Å². The fraction of sp³-hybridized carbons (Fsp3) is 0.294. The average Bonchev–Trinajstić information content (AvgIpc) is 2.64. The minimum atomic E-state index is -3.98. The van der Waals surface area contributed by atoms with Crippen LogP contribution in [0.15, 0.2) is 52.3 Å². The third-order valence-corrected chi connectivity index (χ3v) is 7.43. The number of nitrogens with zero attached hydrogens (tertiary/aromatic N) is 1. The van der Waals surface area contributed by atoms with Crippen molar-refractivity contribution in [2.75, 3.05) is 31.0 Å². The Morgan fingerprint density at radius 2 is 1.56 bits per heavy atom. The molecular formula is C17H20N2O6S2. The van der Waals surface area contributed by atoms with Gasteiger partial charge < -0.3 is 9.84 Å². The molecule has 0 aliphatic carbocycles. The molecule has 2 N–H and O–H groups in total. The summed E-state index contributed by atoms with van der Waals surface area (Å²) in [6.07, 6.45) is 0. The van der Waals surface area contributed by atoms with Crippen LogP contribution in [0, 0.1) is 6.92 Å². The Morgan fingerprint density at radius 1 is 0.963 bits per heavy atom. The Hall–Kier alpha value is -2.14. The van der Waals surface area contributed by atoms with Gasteiger partial charge in [-0.25, -0.2) is 16.8 Å². The second-order valence-corrected chi connectivity index (χ2v) is 9.73. The van der Waals surface area contributed by atoms with Gasteiger partial charge in [0.2, 0.25) is 10.0 Å². The minimum Gasteiger partial charge on any atom is -0.506 e. The van der Waals surface area contributed by atoms with E-state index in [9.17, 15) is 21.9 Å². The van der Waals surface area contributed by atoms with Crippen LogP contribution >= 0.6 is 0 Å². The molecule has 1 saturated heterocycles. The lowest BCUT2D eigenvalue weighted by atomic mass is 10.2. The highest BCUT2D eigenvalue weighted by Crippen LogP contribution is 2.30. The van der Waals surface area contributed by atoms with Gasteiger partial charge in [-0.2, -0.15) is 4.31 Å². The molecule has 0 atom stereocenters. The number of ether oxygens (including phenoxy) is 1. The normalized spacial score (nSPS) is 16.2. The van der Waals surface area contributed by atoms with E-state index in [-0.39, 0.29) is 34.3 Å². The molecule has 2 aromatic carbocycles. The van der Waals surface area contributed by atoms with Crippen molar-refractivity contribution in [3.63, 3.8) is 0 Å². The third kappa shape index (κ3) is 4.24. The number of aryl methyl sites for hydroxylation is 1. The van der Waals surface area contributed by atoms with Gasteiger partial charge in [0.25, 0.3) is 10.0 Å². The highest BCUT2D eigenvalue weighted by Gasteiger charge is 2.27. The maximum atomic E-state index is 12.7. The molecule has 0 unspecified atom stereocenters. The first-order valence-electron chi connectivity index (χ1n) is 8.20. The molecule has 146 valence electrons. The molecule has 0 saturated carbocycles. The minimum absolute atomic E-state index is 0.00828. The summed E-state index contributed by atoms with van der Waals surface area (Å²) in [4.78, 5) is -0.0993. The van der Waals surface area contributed by atoms with Crippen molar-refractivity contribution < 1.29 is 26.7 Å². The van der Waals surface area contributed by atoms with Crippen molar-refractivity contribution in [3.05, 3.63) is 48.0 Å². The van der Waals surface area contributed by atoms with E-state index in [2.05, 4.69) is 4.72 Å². The highest BCUT2D eigenvalue weighted by atomic mass is 32.2. The summed E-state index contributed by atoms with van der Waals surface area (Å²) in [6, 6.07) is 9.67. The predicted molar refractivity (Wildman–Crippen MR) is 99.7 cm³/mol. The van der Waals surface area contributed by atoms with Gasteiger partial charge in [-0.05, 0) is 37.3 Å². The zero-order valence-electron chi connectivity index (χ0n) is 14.6. The van der Waals surface area contributed by atoms with Crippen molar-refractivity contribution >= 4 is 25.7 Å². The fourth-order valence-corrected chi connectivity index (χ4v) is 5.11. The number of rotatable bonds is 5. The zero-order chi connectivity index (χ0) is 19.7. The molecule has 0 amide bonds. The lowest BCUT2D eigenvalue weighted by Crippen LogP contribution is -2.40. The molecule has 1 heterocycles. The number of benzene rings is 2. The molecule has 0 aromatic heterocycles. The molecule has 0 bridgehead atoms. The van der Waals surface area contributed by atoms with Crippen molar-refractivity contribution in [1.82, 2.24) is 4.31 Å². The number of anilines is 1. The molecule has 1 fully saturated rings. The summed E-state index contributed by atoms with van der Waals surface area (Å²) < 4.78 is 59.2. The largest absolute Gasteiger partial charge is 0.506 e. The molecule has 0 spiro atoms.